The van der Waals surface area contributed by atoms with Crippen molar-refractivity contribution in [3.63, 3.8) is 0 Å². The van der Waals surface area contributed by atoms with Gasteiger partial charge in [-0.25, -0.2) is 0 Å². The topological polar surface area (TPSA) is 0 Å². The van der Waals surface area contributed by atoms with Crippen LogP contribution in [0.2, 0.25) is 0 Å². The molecule has 0 atom stereocenters. The molecule has 0 aliphatic carbocycles. The summed E-state index contributed by atoms with van der Waals surface area (Å²) < 4.78 is 0. The van der Waals surface area contributed by atoms with Crippen LogP contribution in [0.5, 0.6) is 0 Å². The first kappa shape index (κ1) is 19.5. The van der Waals surface area contributed by atoms with Crippen molar-refractivity contribution in [1.82, 2.24) is 0 Å². The third-order valence-corrected chi connectivity index (χ3v) is 12.6. The van der Waals surface area contributed by atoms with E-state index in [0.29, 0.717) is 0 Å². The summed E-state index contributed by atoms with van der Waals surface area (Å²) in [6, 6.07) is 47.7. The predicted octanol–water partition coefficient (Wildman–Crippen LogP) is 5.66. The van der Waals surface area contributed by atoms with Crippen LogP contribution in [-0.4, -0.2) is 8.07 Å². The molecule has 160 valence electrons. The van der Waals surface area contributed by atoms with Crippen LogP contribution in [0, 0.1) is 6.92 Å². The van der Waals surface area contributed by atoms with E-state index in [0.717, 1.165) is 0 Å². The quantitative estimate of drug-likeness (QED) is 0.236. The van der Waals surface area contributed by atoms with Gasteiger partial charge in [0.2, 0.25) is 0 Å². The van der Waals surface area contributed by atoms with E-state index in [9.17, 15) is 0 Å². The van der Waals surface area contributed by atoms with Crippen molar-refractivity contribution < 1.29 is 0 Å². The molecule has 0 nitrogen and oxygen atoms in total. The van der Waals surface area contributed by atoms with Crippen molar-refractivity contribution in [3.8, 4) is 11.1 Å². The zero-order valence-corrected chi connectivity index (χ0v) is 20.1. The number of aryl methyl sites for hydroxylation is 1. The Balaban J connectivity index is 1.80. The van der Waals surface area contributed by atoms with Crippen molar-refractivity contribution in [2.75, 3.05) is 0 Å². The fraction of sp³-hybridized carbons (Fsp3) is 0.0303. The van der Waals surface area contributed by atoms with Gasteiger partial charge in [-0.05, 0) is 65.9 Å². The molecule has 0 aromatic heterocycles. The normalized spacial score (nSPS) is 13.7. The molecular formula is C33H24Si. The molecule has 0 amide bonds. The molecule has 0 spiro atoms. The zero-order valence-electron chi connectivity index (χ0n) is 19.1. The molecule has 1 heterocycles. The fourth-order valence-electron chi connectivity index (χ4n) is 6.31. The average molecular weight is 449 g/mol. The number of benzene rings is 6. The Kier molecular flexibility index (Phi) is 4.18. The maximum absolute atomic E-state index is 2.53. The molecule has 1 aliphatic rings. The second-order valence-corrected chi connectivity index (χ2v) is 13.0. The van der Waals surface area contributed by atoms with Crippen molar-refractivity contribution in [3.05, 3.63) is 133 Å². The molecule has 1 aliphatic heterocycles. The molecule has 34 heavy (non-hydrogen) atoms. The van der Waals surface area contributed by atoms with E-state index in [-0.39, 0.29) is 0 Å². The van der Waals surface area contributed by atoms with E-state index in [4.69, 9.17) is 0 Å². The first-order valence-corrected chi connectivity index (χ1v) is 14.0. The number of rotatable bonds is 2. The maximum Gasteiger partial charge on any atom is 0.181 e. The molecule has 6 aromatic carbocycles. The average Bonchev–Trinajstić information content (AvgIpc) is 3.21. The van der Waals surface area contributed by atoms with Gasteiger partial charge in [-0.1, -0.05) is 127 Å². The van der Waals surface area contributed by atoms with Crippen molar-refractivity contribution in [2.45, 2.75) is 6.92 Å². The van der Waals surface area contributed by atoms with Crippen molar-refractivity contribution in [1.29, 1.82) is 0 Å². The molecule has 0 bridgehead atoms. The third kappa shape index (κ3) is 2.48. The van der Waals surface area contributed by atoms with Gasteiger partial charge in [0.05, 0.1) is 0 Å². The highest BCUT2D eigenvalue weighted by Crippen LogP contribution is 2.36. The van der Waals surface area contributed by atoms with E-state index in [1.165, 1.54) is 53.8 Å². The van der Waals surface area contributed by atoms with Gasteiger partial charge >= 0.3 is 0 Å². The Morgan fingerprint density at radius 3 is 1.85 bits per heavy atom. The first-order valence-electron chi connectivity index (χ1n) is 12.0. The molecule has 7 rings (SSSR count). The lowest BCUT2D eigenvalue weighted by molar-refractivity contribution is 1.56. The van der Waals surface area contributed by atoms with Gasteiger partial charge in [0.15, 0.2) is 8.07 Å². The van der Waals surface area contributed by atoms with Crippen LogP contribution < -0.4 is 20.7 Å². The number of fused-ring (bicyclic) bond motifs is 7. The van der Waals surface area contributed by atoms with Crippen LogP contribution in [0.1, 0.15) is 5.56 Å². The summed E-state index contributed by atoms with van der Waals surface area (Å²) in [5.74, 6) is 0. The van der Waals surface area contributed by atoms with E-state index in [1.54, 1.807) is 5.19 Å². The highest BCUT2D eigenvalue weighted by atomic mass is 28.3. The Hall–Kier alpha value is -3.94. The lowest BCUT2D eigenvalue weighted by Gasteiger charge is -2.32. The van der Waals surface area contributed by atoms with Gasteiger partial charge in [0, 0.05) is 0 Å². The molecule has 0 saturated heterocycles. The SMILES string of the molecule is Cc1cc2ccccc2c2c3c(ccc12)-c1ccccc1[Si]3(c1ccccc1)c1ccccc1. The highest BCUT2D eigenvalue weighted by Gasteiger charge is 2.49. The van der Waals surface area contributed by atoms with Gasteiger partial charge < -0.3 is 0 Å². The zero-order chi connectivity index (χ0) is 22.7. The van der Waals surface area contributed by atoms with E-state index >= 15 is 0 Å². The van der Waals surface area contributed by atoms with E-state index < -0.39 is 8.07 Å². The largest absolute Gasteiger partial charge is 0.181 e. The minimum atomic E-state index is -2.53. The van der Waals surface area contributed by atoms with Crippen LogP contribution >= 0.6 is 0 Å². The second kappa shape index (κ2) is 7.28. The summed E-state index contributed by atoms with van der Waals surface area (Å²) in [6.45, 7) is 2.26. The standard InChI is InChI=1S/C33H24Si/c1-23-22-24-12-8-9-17-28(24)32-27(23)20-21-30-29-18-10-11-19-31(29)34(33(30)32,25-13-4-2-5-14-25)26-15-6-3-7-16-26/h2-22H,1H3. The van der Waals surface area contributed by atoms with Crippen molar-refractivity contribution >= 4 is 50.4 Å². The van der Waals surface area contributed by atoms with Crippen LogP contribution in [0.15, 0.2) is 127 Å². The van der Waals surface area contributed by atoms with Crippen molar-refractivity contribution in [2.24, 2.45) is 0 Å². The van der Waals surface area contributed by atoms with E-state index in [2.05, 4.69) is 134 Å². The third-order valence-electron chi connectivity index (χ3n) is 7.64. The molecule has 0 N–H and O–H groups in total. The number of hydrogen-bond acceptors (Lipinski definition) is 0. The number of hydrogen-bond donors (Lipinski definition) is 0. The summed E-state index contributed by atoms with van der Waals surface area (Å²) in [5.41, 5.74) is 4.14. The Morgan fingerprint density at radius 2 is 1.12 bits per heavy atom. The smallest absolute Gasteiger partial charge is 0.0623 e. The van der Waals surface area contributed by atoms with Gasteiger partial charge in [0.1, 0.15) is 0 Å². The van der Waals surface area contributed by atoms with Gasteiger partial charge in [-0.2, -0.15) is 0 Å². The van der Waals surface area contributed by atoms with Crippen LogP contribution in [0.25, 0.3) is 32.7 Å². The maximum atomic E-state index is 2.39. The summed E-state index contributed by atoms with van der Waals surface area (Å²) >= 11 is 0. The lowest BCUT2D eigenvalue weighted by atomic mass is 9.94. The summed E-state index contributed by atoms with van der Waals surface area (Å²) in [5, 5.41) is 11.4. The molecule has 1 heteroatoms. The fourth-order valence-corrected chi connectivity index (χ4v) is 11.7. The van der Waals surface area contributed by atoms with Crippen LogP contribution in [-0.2, 0) is 0 Å². The predicted molar refractivity (Wildman–Crippen MR) is 149 cm³/mol. The first-order chi connectivity index (χ1) is 16.8. The van der Waals surface area contributed by atoms with Crippen LogP contribution in [0.3, 0.4) is 0 Å². The summed E-state index contributed by atoms with van der Waals surface area (Å²) in [7, 11) is -2.53. The Labute approximate surface area is 201 Å². The Morgan fingerprint density at radius 1 is 0.500 bits per heavy atom. The van der Waals surface area contributed by atoms with Gasteiger partial charge in [-0.3, -0.25) is 0 Å². The molecule has 0 fully saturated rings. The minimum absolute atomic E-state index is 1.32. The van der Waals surface area contributed by atoms with Gasteiger partial charge in [0.25, 0.3) is 0 Å². The monoisotopic (exact) mass is 448 g/mol. The lowest BCUT2D eigenvalue weighted by Crippen LogP contribution is -2.73. The van der Waals surface area contributed by atoms with Crippen LogP contribution in [0.4, 0.5) is 0 Å². The Bertz CT molecular complexity index is 1660. The highest BCUT2D eigenvalue weighted by molar-refractivity contribution is 7.23. The van der Waals surface area contributed by atoms with E-state index in [1.807, 2.05) is 0 Å². The summed E-state index contributed by atoms with van der Waals surface area (Å²) in [4.78, 5) is 0. The minimum Gasteiger partial charge on any atom is -0.0623 e. The molecule has 0 radical (unpaired) electrons. The summed E-state index contributed by atoms with van der Waals surface area (Å²) in [6.07, 6.45) is 0. The van der Waals surface area contributed by atoms with Gasteiger partial charge in [-0.15, -0.1) is 0 Å². The molecule has 0 unspecified atom stereocenters. The molecule has 6 aromatic rings. The molecule has 0 saturated carbocycles. The molecular weight excluding hydrogens is 424 g/mol. The second-order valence-electron chi connectivity index (χ2n) is 9.35.